The van der Waals surface area contributed by atoms with Crippen molar-refractivity contribution < 1.29 is 24.2 Å². The summed E-state index contributed by atoms with van der Waals surface area (Å²) < 4.78 is 5.53. The van der Waals surface area contributed by atoms with Gasteiger partial charge in [-0.2, -0.15) is 0 Å². The van der Waals surface area contributed by atoms with Gasteiger partial charge in [-0.05, 0) is 34.1 Å². The summed E-state index contributed by atoms with van der Waals surface area (Å²) >= 11 is 0. The van der Waals surface area contributed by atoms with E-state index in [2.05, 4.69) is 34.9 Å². The average molecular weight is 439 g/mol. The summed E-state index contributed by atoms with van der Waals surface area (Å²) in [5.74, 6) is -1.44. The van der Waals surface area contributed by atoms with E-state index in [1.807, 2.05) is 38.1 Å². The minimum Gasteiger partial charge on any atom is -0.480 e. The third kappa shape index (κ3) is 5.46. The highest BCUT2D eigenvalue weighted by atomic mass is 16.5. The van der Waals surface area contributed by atoms with Gasteiger partial charge in [0.1, 0.15) is 12.6 Å². The van der Waals surface area contributed by atoms with Crippen LogP contribution in [0.1, 0.15) is 50.7 Å². The maximum absolute atomic E-state index is 12.4. The Hall–Kier alpha value is -3.35. The van der Waals surface area contributed by atoms with E-state index in [1.165, 1.54) is 0 Å². The SMILES string of the molecule is CC[C@H](NC(=O)CC(C)(C)CNC(=O)OCC1c2ccccc2-c2ccccc21)C(=O)O. The molecule has 2 aromatic rings. The van der Waals surface area contributed by atoms with E-state index in [0.29, 0.717) is 6.42 Å². The molecule has 1 aliphatic carbocycles. The normalized spacial score (nSPS) is 13.6. The number of hydrogen-bond donors (Lipinski definition) is 3. The van der Waals surface area contributed by atoms with Crippen LogP contribution in [0.4, 0.5) is 4.79 Å². The number of aliphatic carboxylic acids is 1. The summed E-state index contributed by atoms with van der Waals surface area (Å²) in [6, 6.07) is 15.3. The van der Waals surface area contributed by atoms with Crippen molar-refractivity contribution in [1.82, 2.24) is 10.6 Å². The van der Waals surface area contributed by atoms with Gasteiger partial charge in [0.15, 0.2) is 0 Å². The molecule has 0 aromatic heterocycles. The zero-order valence-corrected chi connectivity index (χ0v) is 18.7. The van der Waals surface area contributed by atoms with E-state index in [0.717, 1.165) is 22.3 Å². The lowest BCUT2D eigenvalue weighted by molar-refractivity contribution is -0.142. The summed E-state index contributed by atoms with van der Waals surface area (Å²) in [5.41, 5.74) is 4.05. The van der Waals surface area contributed by atoms with Crippen molar-refractivity contribution in [3.8, 4) is 11.1 Å². The Balaban J connectivity index is 1.52. The first-order valence-electron chi connectivity index (χ1n) is 10.8. The first kappa shape index (κ1) is 23.3. The van der Waals surface area contributed by atoms with Crippen molar-refractivity contribution in [1.29, 1.82) is 0 Å². The molecule has 0 saturated carbocycles. The molecule has 3 N–H and O–H groups in total. The van der Waals surface area contributed by atoms with Gasteiger partial charge in [0.05, 0.1) is 0 Å². The summed E-state index contributed by atoms with van der Waals surface area (Å²) in [6.45, 7) is 5.80. The van der Waals surface area contributed by atoms with Crippen LogP contribution in [0.25, 0.3) is 11.1 Å². The molecule has 2 aromatic carbocycles. The molecule has 0 radical (unpaired) electrons. The van der Waals surface area contributed by atoms with Crippen molar-refractivity contribution in [2.24, 2.45) is 5.41 Å². The molecule has 0 bridgehead atoms. The quantitative estimate of drug-likeness (QED) is 0.550. The number of hydrogen-bond acceptors (Lipinski definition) is 4. The van der Waals surface area contributed by atoms with E-state index in [4.69, 9.17) is 9.84 Å². The molecule has 0 saturated heterocycles. The predicted molar refractivity (Wildman–Crippen MR) is 121 cm³/mol. The number of amides is 2. The Kier molecular flexibility index (Phi) is 7.18. The molecule has 170 valence electrons. The maximum atomic E-state index is 12.4. The Morgan fingerprint density at radius 1 is 1.03 bits per heavy atom. The summed E-state index contributed by atoms with van der Waals surface area (Å²) in [6.07, 6.45) is -0.155. The zero-order valence-electron chi connectivity index (χ0n) is 18.7. The first-order valence-corrected chi connectivity index (χ1v) is 10.8. The summed E-state index contributed by atoms with van der Waals surface area (Å²) in [4.78, 5) is 35.6. The molecule has 0 heterocycles. The lowest BCUT2D eigenvalue weighted by atomic mass is 9.89. The minimum atomic E-state index is -1.06. The summed E-state index contributed by atoms with van der Waals surface area (Å²) in [7, 11) is 0. The van der Waals surface area contributed by atoms with E-state index >= 15 is 0 Å². The van der Waals surface area contributed by atoms with Crippen LogP contribution in [0, 0.1) is 5.41 Å². The van der Waals surface area contributed by atoms with Gasteiger partial charge < -0.3 is 20.5 Å². The number of carbonyl (C=O) groups is 3. The molecule has 1 aliphatic rings. The number of benzene rings is 2. The number of carboxylic acid groups (broad SMARTS) is 1. The topological polar surface area (TPSA) is 105 Å². The van der Waals surface area contributed by atoms with Crippen molar-refractivity contribution in [2.75, 3.05) is 13.2 Å². The second-order valence-electron chi connectivity index (χ2n) is 8.89. The molecule has 2 amide bonds. The van der Waals surface area contributed by atoms with Crippen LogP contribution in [-0.2, 0) is 14.3 Å². The zero-order chi connectivity index (χ0) is 23.3. The largest absolute Gasteiger partial charge is 0.480 e. The number of fused-ring (bicyclic) bond motifs is 3. The first-order chi connectivity index (χ1) is 15.2. The van der Waals surface area contributed by atoms with Gasteiger partial charge in [-0.3, -0.25) is 4.79 Å². The van der Waals surface area contributed by atoms with Gasteiger partial charge in [0, 0.05) is 18.9 Å². The van der Waals surface area contributed by atoms with E-state index in [1.54, 1.807) is 6.92 Å². The third-order valence-electron chi connectivity index (χ3n) is 5.74. The van der Waals surface area contributed by atoms with Gasteiger partial charge in [-0.15, -0.1) is 0 Å². The minimum absolute atomic E-state index is 0.0195. The molecule has 7 nitrogen and oxygen atoms in total. The number of ether oxygens (including phenoxy) is 1. The molecule has 0 spiro atoms. The summed E-state index contributed by atoms with van der Waals surface area (Å²) in [5, 5.41) is 14.3. The van der Waals surface area contributed by atoms with E-state index in [9.17, 15) is 14.4 Å². The highest BCUT2D eigenvalue weighted by Gasteiger charge is 2.30. The molecule has 0 unspecified atom stereocenters. The second-order valence-corrected chi connectivity index (χ2v) is 8.89. The maximum Gasteiger partial charge on any atom is 0.407 e. The number of alkyl carbamates (subject to hydrolysis) is 1. The number of carbonyl (C=O) groups excluding carboxylic acids is 2. The average Bonchev–Trinajstić information content (AvgIpc) is 3.08. The molecular formula is C25H30N2O5. The molecule has 1 atom stereocenters. The standard InChI is InChI=1S/C25H30N2O5/c1-4-21(23(29)30)27-22(28)13-25(2,3)15-26-24(31)32-14-20-18-11-7-5-9-16(18)17-10-6-8-12-19(17)20/h5-12,20-21H,4,13-15H2,1-3H3,(H,26,31)(H,27,28)(H,29,30)/t21-/m0/s1. The van der Waals surface area contributed by atoms with Crippen molar-refractivity contribution in [3.05, 3.63) is 59.7 Å². The Bertz CT molecular complexity index is 956. The van der Waals surface area contributed by atoms with Crippen LogP contribution in [0.5, 0.6) is 0 Å². The predicted octanol–water partition coefficient (Wildman–Crippen LogP) is 3.92. The molecule has 7 heteroatoms. The lowest BCUT2D eigenvalue weighted by Gasteiger charge is -2.25. The van der Waals surface area contributed by atoms with E-state index < -0.39 is 23.5 Å². The monoisotopic (exact) mass is 438 g/mol. The van der Waals surface area contributed by atoms with Crippen molar-refractivity contribution in [3.63, 3.8) is 0 Å². The molecule has 3 rings (SSSR count). The van der Waals surface area contributed by atoms with Crippen LogP contribution in [-0.4, -0.2) is 42.3 Å². The van der Waals surface area contributed by atoms with Crippen LogP contribution in [0.15, 0.2) is 48.5 Å². The fraction of sp³-hybridized carbons (Fsp3) is 0.400. The number of carboxylic acids is 1. The van der Waals surface area contributed by atoms with Crippen LogP contribution in [0.2, 0.25) is 0 Å². The van der Waals surface area contributed by atoms with Gasteiger partial charge in [-0.1, -0.05) is 69.3 Å². The van der Waals surface area contributed by atoms with Gasteiger partial charge in [0.2, 0.25) is 5.91 Å². The molecule has 0 aliphatic heterocycles. The molecule has 0 fully saturated rings. The van der Waals surface area contributed by atoms with Crippen molar-refractivity contribution >= 4 is 18.0 Å². The van der Waals surface area contributed by atoms with Crippen LogP contribution < -0.4 is 10.6 Å². The lowest BCUT2D eigenvalue weighted by Crippen LogP contribution is -2.43. The highest BCUT2D eigenvalue weighted by Crippen LogP contribution is 2.44. The fourth-order valence-electron chi connectivity index (χ4n) is 4.04. The van der Waals surface area contributed by atoms with E-state index in [-0.39, 0.29) is 31.4 Å². The van der Waals surface area contributed by atoms with Gasteiger partial charge >= 0.3 is 12.1 Å². The molecule has 32 heavy (non-hydrogen) atoms. The smallest absolute Gasteiger partial charge is 0.407 e. The Morgan fingerprint density at radius 3 is 2.12 bits per heavy atom. The Morgan fingerprint density at radius 2 is 1.59 bits per heavy atom. The van der Waals surface area contributed by atoms with Gasteiger partial charge in [-0.25, -0.2) is 9.59 Å². The molecular weight excluding hydrogens is 408 g/mol. The number of rotatable bonds is 9. The third-order valence-corrected chi connectivity index (χ3v) is 5.74. The van der Waals surface area contributed by atoms with Crippen LogP contribution in [0.3, 0.4) is 0 Å². The fourth-order valence-corrected chi connectivity index (χ4v) is 4.04. The van der Waals surface area contributed by atoms with Crippen LogP contribution >= 0.6 is 0 Å². The second kappa shape index (κ2) is 9.85. The van der Waals surface area contributed by atoms with Gasteiger partial charge in [0.25, 0.3) is 0 Å². The number of nitrogens with one attached hydrogen (secondary N) is 2. The highest BCUT2D eigenvalue weighted by molar-refractivity contribution is 5.84. The Labute approximate surface area is 188 Å². The van der Waals surface area contributed by atoms with Crippen molar-refractivity contribution in [2.45, 2.75) is 45.6 Å².